The van der Waals surface area contributed by atoms with Crippen LogP contribution in [0.15, 0.2) is 24.3 Å². The SMILES string of the molecule is N#CCN(C(=O)[C@H]1CCCc2ccccc21)C1CC1. The van der Waals surface area contributed by atoms with Crippen molar-refractivity contribution in [1.82, 2.24) is 4.90 Å². The van der Waals surface area contributed by atoms with E-state index in [-0.39, 0.29) is 18.4 Å². The summed E-state index contributed by atoms with van der Waals surface area (Å²) in [4.78, 5) is 14.5. The molecule has 1 saturated carbocycles. The molecule has 0 bridgehead atoms. The van der Waals surface area contributed by atoms with Crippen molar-refractivity contribution in [3.8, 4) is 6.07 Å². The maximum atomic E-state index is 12.7. The van der Waals surface area contributed by atoms with Crippen molar-refractivity contribution >= 4 is 5.91 Å². The zero-order chi connectivity index (χ0) is 13.2. The molecule has 98 valence electrons. The third kappa shape index (κ3) is 2.35. The van der Waals surface area contributed by atoms with Gasteiger partial charge in [0.05, 0.1) is 12.0 Å². The summed E-state index contributed by atoms with van der Waals surface area (Å²) in [7, 11) is 0. The van der Waals surface area contributed by atoms with E-state index in [1.807, 2.05) is 12.1 Å². The summed E-state index contributed by atoms with van der Waals surface area (Å²) in [6, 6.07) is 10.7. The fraction of sp³-hybridized carbons (Fsp3) is 0.500. The van der Waals surface area contributed by atoms with E-state index in [2.05, 4.69) is 18.2 Å². The van der Waals surface area contributed by atoms with E-state index in [0.29, 0.717) is 6.04 Å². The van der Waals surface area contributed by atoms with Gasteiger partial charge in [-0.1, -0.05) is 24.3 Å². The first-order chi connectivity index (χ1) is 9.31. The van der Waals surface area contributed by atoms with Gasteiger partial charge in [0.2, 0.25) is 5.91 Å². The van der Waals surface area contributed by atoms with Crippen molar-refractivity contribution in [3.63, 3.8) is 0 Å². The molecular weight excluding hydrogens is 236 g/mol. The number of carbonyl (C=O) groups is 1. The molecule has 1 fully saturated rings. The van der Waals surface area contributed by atoms with Gasteiger partial charge >= 0.3 is 0 Å². The van der Waals surface area contributed by atoms with E-state index in [4.69, 9.17) is 5.26 Å². The molecule has 1 aromatic carbocycles. The summed E-state index contributed by atoms with van der Waals surface area (Å²) in [6.07, 6.45) is 5.17. The van der Waals surface area contributed by atoms with E-state index in [0.717, 1.165) is 32.1 Å². The van der Waals surface area contributed by atoms with Gasteiger partial charge in [0.1, 0.15) is 6.54 Å². The van der Waals surface area contributed by atoms with Crippen molar-refractivity contribution in [3.05, 3.63) is 35.4 Å². The number of nitriles is 1. The molecule has 3 nitrogen and oxygen atoms in total. The van der Waals surface area contributed by atoms with Crippen LogP contribution in [0.3, 0.4) is 0 Å². The second kappa shape index (κ2) is 5.05. The Bertz CT molecular complexity index is 528. The number of benzene rings is 1. The molecule has 3 rings (SSSR count). The van der Waals surface area contributed by atoms with Crippen LogP contribution in [0.1, 0.15) is 42.7 Å². The lowest BCUT2D eigenvalue weighted by Crippen LogP contribution is -2.38. The Hall–Kier alpha value is -1.82. The predicted octanol–water partition coefficient (Wildman–Crippen LogP) is 2.62. The molecule has 0 N–H and O–H groups in total. The van der Waals surface area contributed by atoms with Crippen LogP contribution in [0.25, 0.3) is 0 Å². The highest BCUT2D eigenvalue weighted by Crippen LogP contribution is 2.36. The summed E-state index contributed by atoms with van der Waals surface area (Å²) in [5.74, 6) is 0.134. The van der Waals surface area contributed by atoms with E-state index in [1.54, 1.807) is 4.90 Å². The Balaban J connectivity index is 1.86. The molecule has 19 heavy (non-hydrogen) atoms. The van der Waals surface area contributed by atoms with Crippen LogP contribution in [-0.4, -0.2) is 23.4 Å². The number of amides is 1. The van der Waals surface area contributed by atoms with Gasteiger partial charge in [-0.05, 0) is 43.2 Å². The standard InChI is InChI=1S/C16H18N2O/c17-10-11-18(13-8-9-13)16(19)15-7-3-5-12-4-1-2-6-14(12)15/h1-2,4,6,13,15H,3,5,7-9,11H2/t15-/m0/s1. The average molecular weight is 254 g/mol. The molecule has 0 unspecified atom stereocenters. The molecular formula is C16H18N2O. The van der Waals surface area contributed by atoms with E-state index in [9.17, 15) is 4.79 Å². The van der Waals surface area contributed by atoms with Crippen LogP contribution >= 0.6 is 0 Å². The van der Waals surface area contributed by atoms with Crippen LogP contribution in [-0.2, 0) is 11.2 Å². The monoisotopic (exact) mass is 254 g/mol. The van der Waals surface area contributed by atoms with Gasteiger partial charge in [0.15, 0.2) is 0 Å². The Morgan fingerprint density at radius 1 is 1.32 bits per heavy atom. The van der Waals surface area contributed by atoms with Crippen molar-refractivity contribution in [2.45, 2.75) is 44.1 Å². The normalized spacial score (nSPS) is 21.3. The highest BCUT2D eigenvalue weighted by Gasteiger charge is 2.37. The minimum Gasteiger partial charge on any atom is -0.326 e. The van der Waals surface area contributed by atoms with Gasteiger partial charge in [-0.15, -0.1) is 0 Å². The molecule has 0 radical (unpaired) electrons. The number of hydrogen-bond donors (Lipinski definition) is 0. The Morgan fingerprint density at radius 3 is 2.84 bits per heavy atom. The third-order valence-corrected chi connectivity index (χ3v) is 4.18. The topological polar surface area (TPSA) is 44.1 Å². The fourth-order valence-electron chi connectivity index (χ4n) is 3.06. The highest BCUT2D eigenvalue weighted by atomic mass is 16.2. The molecule has 0 heterocycles. The van der Waals surface area contributed by atoms with Crippen LogP contribution in [0, 0.1) is 11.3 Å². The Labute approximate surface area is 113 Å². The first-order valence-electron chi connectivity index (χ1n) is 7.06. The molecule has 2 aliphatic carbocycles. The zero-order valence-electron chi connectivity index (χ0n) is 11.0. The lowest BCUT2D eigenvalue weighted by atomic mass is 9.82. The average Bonchev–Trinajstić information content (AvgIpc) is 3.28. The number of fused-ring (bicyclic) bond motifs is 1. The van der Waals surface area contributed by atoms with Crippen molar-refractivity contribution in [2.75, 3.05) is 6.54 Å². The molecule has 1 amide bonds. The summed E-state index contributed by atoms with van der Waals surface area (Å²) in [5, 5.41) is 8.91. The predicted molar refractivity (Wildman–Crippen MR) is 72.5 cm³/mol. The third-order valence-electron chi connectivity index (χ3n) is 4.18. The van der Waals surface area contributed by atoms with E-state index < -0.39 is 0 Å². The summed E-state index contributed by atoms with van der Waals surface area (Å²) < 4.78 is 0. The zero-order valence-corrected chi connectivity index (χ0v) is 11.0. The summed E-state index contributed by atoms with van der Waals surface area (Å²) >= 11 is 0. The number of rotatable bonds is 3. The van der Waals surface area contributed by atoms with Crippen LogP contribution in [0.5, 0.6) is 0 Å². The maximum Gasteiger partial charge on any atom is 0.231 e. The molecule has 1 atom stereocenters. The summed E-state index contributed by atoms with van der Waals surface area (Å²) in [5.41, 5.74) is 2.49. The molecule has 0 aromatic heterocycles. The van der Waals surface area contributed by atoms with Gasteiger partial charge in [-0.25, -0.2) is 0 Å². The lowest BCUT2D eigenvalue weighted by molar-refractivity contribution is -0.133. The largest absolute Gasteiger partial charge is 0.326 e. The van der Waals surface area contributed by atoms with Crippen molar-refractivity contribution in [1.29, 1.82) is 5.26 Å². The number of nitrogens with zero attached hydrogens (tertiary/aromatic N) is 2. The number of aryl methyl sites for hydroxylation is 1. The van der Waals surface area contributed by atoms with E-state index in [1.165, 1.54) is 11.1 Å². The second-order valence-electron chi connectivity index (χ2n) is 5.50. The quantitative estimate of drug-likeness (QED) is 0.778. The highest BCUT2D eigenvalue weighted by molar-refractivity contribution is 5.85. The van der Waals surface area contributed by atoms with Gasteiger partial charge in [0.25, 0.3) is 0 Å². The Kier molecular flexibility index (Phi) is 3.25. The molecule has 1 aromatic rings. The van der Waals surface area contributed by atoms with Crippen LogP contribution in [0.2, 0.25) is 0 Å². The molecule has 0 saturated heterocycles. The van der Waals surface area contributed by atoms with Gasteiger partial charge in [-0.3, -0.25) is 4.79 Å². The smallest absolute Gasteiger partial charge is 0.231 e. The fourth-order valence-corrected chi connectivity index (χ4v) is 3.06. The molecule has 3 heteroatoms. The molecule has 2 aliphatic rings. The summed E-state index contributed by atoms with van der Waals surface area (Å²) in [6.45, 7) is 0.238. The number of hydrogen-bond acceptors (Lipinski definition) is 2. The minimum absolute atomic E-state index is 0.0288. The first kappa shape index (κ1) is 12.2. The van der Waals surface area contributed by atoms with Crippen LogP contribution in [0.4, 0.5) is 0 Å². The first-order valence-corrected chi connectivity index (χ1v) is 7.06. The van der Waals surface area contributed by atoms with Crippen molar-refractivity contribution < 1.29 is 4.79 Å². The van der Waals surface area contributed by atoms with Crippen LogP contribution < -0.4 is 0 Å². The number of carbonyl (C=O) groups excluding carboxylic acids is 1. The second-order valence-corrected chi connectivity index (χ2v) is 5.50. The molecule has 0 aliphatic heterocycles. The maximum absolute atomic E-state index is 12.7. The van der Waals surface area contributed by atoms with E-state index >= 15 is 0 Å². The minimum atomic E-state index is -0.0288. The lowest BCUT2D eigenvalue weighted by Gasteiger charge is -2.29. The van der Waals surface area contributed by atoms with Crippen molar-refractivity contribution in [2.24, 2.45) is 0 Å². The Morgan fingerprint density at radius 2 is 2.11 bits per heavy atom. The van der Waals surface area contributed by atoms with Gasteiger partial charge in [-0.2, -0.15) is 5.26 Å². The molecule has 0 spiro atoms. The van der Waals surface area contributed by atoms with Gasteiger partial charge in [0, 0.05) is 6.04 Å². The van der Waals surface area contributed by atoms with Gasteiger partial charge < -0.3 is 4.90 Å².